The molecule has 2 rings (SSSR count). The number of nitrogens with zero attached hydrogens (tertiary/aromatic N) is 2. The quantitative estimate of drug-likeness (QED) is 0.852. The Bertz CT molecular complexity index is 508. The van der Waals surface area contributed by atoms with E-state index in [-0.39, 0.29) is 5.91 Å². The van der Waals surface area contributed by atoms with Crippen molar-refractivity contribution in [3.63, 3.8) is 0 Å². The van der Waals surface area contributed by atoms with Gasteiger partial charge >= 0.3 is 6.18 Å². The minimum atomic E-state index is -4.30. The predicted octanol–water partition coefficient (Wildman–Crippen LogP) is 3.15. The normalized spacial score (nSPS) is 16.8. The van der Waals surface area contributed by atoms with Crippen LogP contribution >= 0.6 is 0 Å². The van der Waals surface area contributed by atoms with Gasteiger partial charge < -0.3 is 4.90 Å². The molecule has 22 heavy (non-hydrogen) atoms. The van der Waals surface area contributed by atoms with Crippen molar-refractivity contribution in [2.45, 2.75) is 32.5 Å². The molecule has 1 heterocycles. The lowest BCUT2D eigenvalue weighted by molar-refractivity contribution is -0.137. The van der Waals surface area contributed by atoms with Gasteiger partial charge in [-0.1, -0.05) is 25.1 Å². The zero-order chi connectivity index (χ0) is 16.2. The molecule has 1 aromatic carbocycles. The number of carbonyl (C=O) groups excluding carboxylic acids is 1. The summed E-state index contributed by atoms with van der Waals surface area (Å²) < 4.78 is 38.1. The van der Waals surface area contributed by atoms with Gasteiger partial charge in [0.2, 0.25) is 5.91 Å². The van der Waals surface area contributed by atoms with E-state index in [4.69, 9.17) is 0 Å². The fourth-order valence-corrected chi connectivity index (χ4v) is 2.63. The van der Waals surface area contributed by atoms with Crippen molar-refractivity contribution in [1.29, 1.82) is 0 Å². The number of hydrogen-bond donors (Lipinski definition) is 0. The molecule has 1 saturated heterocycles. The molecule has 1 aromatic rings. The molecular formula is C16H21F3N2O. The van der Waals surface area contributed by atoms with Gasteiger partial charge in [0.05, 0.1) is 5.56 Å². The highest BCUT2D eigenvalue weighted by molar-refractivity contribution is 5.76. The van der Waals surface area contributed by atoms with Crippen LogP contribution in [0.15, 0.2) is 24.3 Å². The van der Waals surface area contributed by atoms with Crippen LogP contribution in [-0.4, -0.2) is 41.9 Å². The average Bonchev–Trinajstić information content (AvgIpc) is 2.48. The van der Waals surface area contributed by atoms with E-state index in [2.05, 4.69) is 4.90 Å². The van der Waals surface area contributed by atoms with Crippen LogP contribution in [0.4, 0.5) is 13.2 Å². The number of carbonyl (C=O) groups is 1. The molecule has 1 amide bonds. The molecule has 0 bridgehead atoms. The number of amides is 1. The highest BCUT2D eigenvalue weighted by atomic mass is 19.4. The van der Waals surface area contributed by atoms with Gasteiger partial charge in [0.15, 0.2) is 0 Å². The van der Waals surface area contributed by atoms with Crippen LogP contribution in [0.2, 0.25) is 0 Å². The molecule has 0 aromatic heterocycles. The highest BCUT2D eigenvalue weighted by Crippen LogP contribution is 2.29. The van der Waals surface area contributed by atoms with Gasteiger partial charge in [-0.15, -0.1) is 0 Å². The summed E-state index contributed by atoms with van der Waals surface area (Å²) in [5.74, 6) is 0.168. The van der Waals surface area contributed by atoms with E-state index in [1.54, 1.807) is 6.07 Å². The molecule has 3 nitrogen and oxygen atoms in total. The van der Waals surface area contributed by atoms with Crippen molar-refractivity contribution < 1.29 is 18.0 Å². The maximum Gasteiger partial charge on any atom is 0.416 e. The lowest BCUT2D eigenvalue weighted by Crippen LogP contribution is -2.48. The van der Waals surface area contributed by atoms with Crippen molar-refractivity contribution >= 4 is 5.91 Å². The summed E-state index contributed by atoms with van der Waals surface area (Å²) in [5, 5.41) is 0. The molecule has 6 heteroatoms. The standard InChI is InChI=1S/C16H21F3N2O/c1-2-4-15(22)21-9-7-20(8-10-21)12-13-5-3-6-14(11-13)16(17,18)19/h3,5-6,11H,2,4,7-10,12H2,1H3. The van der Waals surface area contributed by atoms with Gasteiger partial charge in [-0.25, -0.2) is 0 Å². The van der Waals surface area contributed by atoms with E-state index in [1.165, 1.54) is 12.1 Å². The summed E-state index contributed by atoms with van der Waals surface area (Å²) in [7, 11) is 0. The number of piperazine rings is 1. The molecule has 0 N–H and O–H groups in total. The van der Waals surface area contributed by atoms with Crippen molar-refractivity contribution in [3.8, 4) is 0 Å². The second kappa shape index (κ2) is 7.13. The third-order valence-corrected chi connectivity index (χ3v) is 3.85. The number of alkyl halides is 3. The summed E-state index contributed by atoms with van der Waals surface area (Å²) >= 11 is 0. The van der Waals surface area contributed by atoms with Gasteiger partial charge in [-0.3, -0.25) is 9.69 Å². The summed E-state index contributed by atoms with van der Waals surface area (Å²) in [6.45, 7) is 5.16. The Balaban J connectivity index is 1.90. The van der Waals surface area contributed by atoms with Crippen molar-refractivity contribution in [2.75, 3.05) is 26.2 Å². The Morgan fingerprint density at radius 1 is 1.18 bits per heavy atom. The first-order valence-corrected chi connectivity index (χ1v) is 7.56. The second-order valence-corrected chi connectivity index (χ2v) is 5.61. The van der Waals surface area contributed by atoms with E-state index < -0.39 is 11.7 Å². The fraction of sp³-hybridized carbons (Fsp3) is 0.562. The van der Waals surface area contributed by atoms with Crippen molar-refractivity contribution in [2.24, 2.45) is 0 Å². The molecule has 0 saturated carbocycles. The maximum atomic E-state index is 12.7. The Hall–Kier alpha value is -1.56. The largest absolute Gasteiger partial charge is 0.416 e. The van der Waals surface area contributed by atoms with Crippen LogP contribution in [0.3, 0.4) is 0 Å². The monoisotopic (exact) mass is 314 g/mol. The summed E-state index contributed by atoms with van der Waals surface area (Å²) in [5.41, 5.74) is 0.0462. The average molecular weight is 314 g/mol. The molecule has 1 aliphatic heterocycles. The van der Waals surface area contributed by atoms with Gasteiger partial charge in [-0.05, 0) is 18.1 Å². The van der Waals surface area contributed by atoms with E-state index in [0.29, 0.717) is 44.7 Å². The molecule has 1 aliphatic rings. The van der Waals surface area contributed by atoms with Crippen LogP contribution in [0.1, 0.15) is 30.9 Å². The molecule has 0 unspecified atom stereocenters. The predicted molar refractivity (Wildman–Crippen MR) is 78.2 cm³/mol. The summed E-state index contributed by atoms with van der Waals surface area (Å²) in [4.78, 5) is 15.7. The van der Waals surface area contributed by atoms with E-state index in [1.807, 2.05) is 11.8 Å². The Kier molecular flexibility index (Phi) is 5.45. The number of halogens is 3. The fourth-order valence-electron chi connectivity index (χ4n) is 2.63. The second-order valence-electron chi connectivity index (χ2n) is 5.61. The van der Waals surface area contributed by atoms with E-state index >= 15 is 0 Å². The zero-order valence-corrected chi connectivity index (χ0v) is 12.7. The van der Waals surface area contributed by atoms with E-state index in [0.717, 1.165) is 12.5 Å². The molecule has 0 spiro atoms. The van der Waals surface area contributed by atoms with Crippen molar-refractivity contribution in [3.05, 3.63) is 35.4 Å². The Morgan fingerprint density at radius 2 is 1.86 bits per heavy atom. The van der Waals surface area contributed by atoms with Crippen LogP contribution in [0.25, 0.3) is 0 Å². The lowest BCUT2D eigenvalue weighted by atomic mass is 10.1. The molecule has 0 radical (unpaired) electrons. The smallest absolute Gasteiger partial charge is 0.340 e. The molecule has 0 aliphatic carbocycles. The minimum absolute atomic E-state index is 0.168. The molecule has 122 valence electrons. The van der Waals surface area contributed by atoms with Gasteiger partial charge in [0.25, 0.3) is 0 Å². The first kappa shape index (κ1) is 16.8. The molecule has 0 atom stereocenters. The van der Waals surface area contributed by atoms with Crippen LogP contribution in [0, 0.1) is 0 Å². The first-order chi connectivity index (χ1) is 10.4. The van der Waals surface area contributed by atoms with Gasteiger partial charge in [-0.2, -0.15) is 13.2 Å². The van der Waals surface area contributed by atoms with Gasteiger partial charge in [0, 0.05) is 39.1 Å². The maximum absolute atomic E-state index is 12.7. The number of hydrogen-bond acceptors (Lipinski definition) is 2. The summed E-state index contributed by atoms with van der Waals surface area (Å²) in [6.07, 6.45) is -2.90. The highest BCUT2D eigenvalue weighted by Gasteiger charge is 2.30. The Morgan fingerprint density at radius 3 is 2.45 bits per heavy atom. The molecular weight excluding hydrogens is 293 g/mol. The zero-order valence-electron chi connectivity index (χ0n) is 12.7. The topological polar surface area (TPSA) is 23.6 Å². The van der Waals surface area contributed by atoms with E-state index in [9.17, 15) is 18.0 Å². The number of rotatable bonds is 4. The Labute approximate surface area is 128 Å². The third-order valence-electron chi connectivity index (χ3n) is 3.85. The number of benzene rings is 1. The first-order valence-electron chi connectivity index (χ1n) is 7.56. The summed E-state index contributed by atoms with van der Waals surface area (Å²) in [6, 6.07) is 5.45. The van der Waals surface area contributed by atoms with Crippen LogP contribution in [-0.2, 0) is 17.5 Å². The van der Waals surface area contributed by atoms with Gasteiger partial charge in [0.1, 0.15) is 0 Å². The van der Waals surface area contributed by atoms with Crippen molar-refractivity contribution in [1.82, 2.24) is 9.80 Å². The minimum Gasteiger partial charge on any atom is -0.340 e. The third kappa shape index (κ3) is 4.47. The SMILES string of the molecule is CCCC(=O)N1CCN(Cc2cccc(C(F)(F)F)c2)CC1. The molecule has 1 fully saturated rings. The van der Waals surface area contributed by atoms with Crippen LogP contribution in [0.5, 0.6) is 0 Å². The van der Waals surface area contributed by atoms with Crippen LogP contribution < -0.4 is 0 Å². The lowest BCUT2D eigenvalue weighted by Gasteiger charge is -2.34.